The quantitative estimate of drug-likeness (QED) is 0.809. The van der Waals surface area contributed by atoms with Crippen LogP contribution in [-0.2, 0) is 17.6 Å². The number of aromatic amines is 1. The minimum absolute atomic E-state index is 0.224. The van der Waals surface area contributed by atoms with Gasteiger partial charge in [-0.15, -0.1) is 0 Å². The molecule has 1 unspecified atom stereocenters. The van der Waals surface area contributed by atoms with Crippen LogP contribution in [0.15, 0.2) is 12.1 Å². The maximum absolute atomic E-state index is 11.1. The summed E-state index contributed by atoms with van der Waals surface area (Å²) >= 11 is 0. The highest BCUT2D eigenvalue weighted by atomic mass is 16.4. The van der Waals surface area contributed by atoms with Gasteiger partial charge in [0, 0.05) is 16.6 Å². The number of fused-ring (bicyclic) bond motifs is 3. The van der Waals surface area contributed by atoms with Gasteiger partial charge >= 0.3 is 5.97 Å². The van der Waals surface area contributed by atoms with Gasteiger partial charge in [0.25, 0.3) is 0 Å². The second-order valence-corrected chi connectivity index (χ2v) is 5.34. The van der Waals surface area contributed by atoms with Gasteiger partial charge in [0.05, 0.1) is 5.92 Å². The highest BCUT2D eigenvalue weighted by molar-refractivity contribution is 5.87. The normalized spacial score (nSPS) is 18.9. The van der Waals surface area contributed by atoms with Crippen LogP contribution in [0.2, 0.25) is 0 Å². The third kappa shape index (κ3) is 1.62. The highest BCUT2D eigenvalue weighted by Crippen LogP contribution is 2.33. The molecule has 2 aromatic rings. The van der Waals surface area contributed by atoms with Crippen LogP contribution in [0.1, 0.15) is 28.8 Å². The molecule has 3 nitrogen and oxygen atoms in total. The Labute approximate surface area is 106 Å². The number of carboxylic acids is 1. The number of hydrogen-bond donors (Lipinski definition) is 2. The monoisotopic (exact) mass is 243 g/mol. The Morgan fingerprint density at radius 1 is 1.33 bits per heavy atom. The molecule has 0 radical (unpaired) electrons. The lowest BCUT2D eigenvalue weighted by atomic mass is 9.86. The summed E-state index contributed by atoms with van der Waals surface area (Å²) in [7, 11) is 0. The van der Waals surface area contributed by atoms with Gasteiger partial charge in [0.1, 0.15) is 0 Å². The van der Waals surface area contributed by atoms with Gasteiger partial charge in [-0.1, -0.05) is 0 Å². The summed E-state index contributed by atoms with van der Waals surface area (Å²) in [6, 6.07) is 4.35. The van der Waals surface area contributed by atoms with Crippen molar-refractivity contribution in [3.05, 3.63) is 34.5 Å². The first-order valence-corrected chi connectivity index (χ1v) is 6.39. The fourth-order valence-corrected chi connectivity index (χ4v) is 2.89. The number of carbonyl (C=O) groups is 1. The molecular formula is C15H17NO2. The molecule has 0 spiro atoms. The molecule has 0 bridgehead atoms. The van der Waals surface area contributed by atoms with Crippen LogP contribution in [0.3, 0.4) is 0 Å². The van der Waals surface area contributed by atoms with E-state index in [0.717, 1.165) is 18.4 Å². The van der Waals surface area contributed by atoms with E-state index >= 15 is 0 Å². The molecule has 1 aliphatic rings. The molecule has 1 aliphatic carbocycles. The minimum atomic E-state index is -0.668. The smallest absolute Gasteiger partial charge is 0.306 e. The lowest BCUT2D eigenvalue weighted by Crippen LogP contribution is -2.21. The SMILES string of the molecule is Cc1cc2[nH]c3c(c2cc1C)CC(C(=O)O)CC3. The molecule has 0 amide bonds. The fraction of sp³-hybridized carbons (Fsp3) is 0.400. The minimum Gasteiger partial charge on any atom is -0.481 e. The van der Waals surface area contributed by atoms with Gasteiger partial charge in [0.15, 0.2) is 0 Å². The van der Waals surface area contributed by atoms with Gasteiger partial charge in [-0.2, -0.15) is 0 Å². The molecular weight excluding hydrogens is 226 g/mol. The number of rotatable bonds is 1. The van der Waals surface area contributed by atoms with Crippen molar-refractivity contribution in [2.75, 3.05) is 0 Å². The number of aryl methyl sites for hydroxylation is 3. The van der Waals surface area contributed by atoms with Gasteiger partial charge < -0.3 is 10.1 Å². The lowest BCUT2D eigenvalue weighted by Gasteiger charge is -2.18. The van der Waals surface area contributed by atoms with Crippen molar-refractivity contribution in [1.29, 1.82) is 0 Å². The van der Waals surface area contributed by atoms with Crippen LogP contribution < -0.4 is 0 Å². The van der Waals surface area contributed by atoms with Crippen LogP contribution >= 0.6 is 0 Å². The predicted octanol–water partition coefficient (Wildman–Crippen LogP) is 2.97. The van der Waals surface area contributed by atoms with E-state index in [9.17, 15) is 4.79 Å². The Balaban J connectivity index is 2.15. The maximum Gasteiger partial charge on any atom is 0.306 e. The maximum atomic E-state index is 11.1. The first kappa shape index (κ1) is 11.3. The van der Waals surface area contributed by atoms with E-state index in [0.29, 0.717) is 6.42 Å². The molecule has 2 N–H and O–H groups in total. The molecule has 1 atom stereocenters. The Hall–Kier alpha value is -1.77. The summed E-state index contributed by atoms with van der Waals surface area (Å²) in [5.74, 6) is -0.892. The first-order valence-electron chi connectivity index (χ1n) is 6.39. The van der Waals surface area contributed by atoms with Crippen molar-refractivity contribution >= 4 is 16.9 Å². The second kappa shape index (κ2) is 3.87. The number of benzene rings is 1. The van der Waals surface area contributed by atoms with E-state index < -0.39 is 5.97 Å². The molecule has 1 heterocycles. The first-order chi connectivity index (χ1) is 8.56. The largest absolute Gasteiger partial charge is 0.481 e. The van der Waals surface area contributed by atoms with Crippen molar-refractivity contribution < 1.29 is 9.90 Å². The zero-order valence-electron chi connectivity index (χ0n) is 10.7. The average Bonchev–Trinajstić information content (AvgIpc) is 2.66. The Morgan fingerprint density at radius 3 is 2.78 bits per heavy atom. The molecule has 94 valence electrons. The third-order valence-corrected chi connectivity index (χ3v) is 4.15. The molecule has 0 fully saturated rings. The summed E-state index contributed by atoms with van der Waals surface area (Å²) in [5.41, 5.74) is 6.13. The molecule has 18 heavy (non-hydrogen) atoms. The molecule has 0 aliphatic heterocycles. The third-order valence-electron chi connectivity index (χ3n) is 4.15. The number of nitrogens with one attached hydrogen (secondary N) is 1. The second-order valence-electron chi connectivity index (χ2n) is 5.34. The molecule has 3 heteroatoms. The fourth-order valence-electron chi connectivity index (χ4n) is 2.89. The van der Waals surface area contributed by atoms with E-state index in [1.165, 1.54) is 27.8 Å². The van der Waals surface area contributed by atoms with Crippen LogP contribution in [0.25, 0.3) is 10.9 Å². The van der Waals surface area contributed by atoms with E-state index in [2.05, 4.69) is 31.0 Å². The summed E-state index contributed by atoms with van der Waals surface area (Å²) in [6.45, 7) is 4.21. The number of aromatic nitrogens is 1. The van der Waals surface area contributed by atoms with Crippen molar-refractivity contribution in [3.63, 3.8) is 0 Å². The number of aliphatic carboxylic acids is 1. The molecule has 3 rings (SSSR count). The number of hydrogen-bond acceptors (Lipinski definition) is 1. The van der Waals surface area contributed by atoms with Gasteiger partial charge in [-0.05, 0) is 61.9 Å². The number of H-pyrrole nitrogens is 1. The van der Waals surface area contributed by atoms with Gasteiger partial charge in [-0.25, -0.2) is 0 Å². The van der Waals surface area contributed by atoms with E-state index in [1.54, 1.807) is 0 Å². The lowest BCUT2D eigenvalue weighted by molar-refractivity contribution is -0.142. The van der Waals surface area contributed by atoms with Crippen LogP contribution in [-0.4, -0.2) is 16.1 Å². The van der Waals surface area contributed by atoms with E-state index in [4.69, 9.17) is 5.11 Å². The topological polar surface area (TPSA) is 53.1 Å². The standard InChI is InChI=1S/C15H17NO2/c1-8-5-11-12-7-10(15(17)18)3-4-13(12)16-14(11)6-9(8)2/h5-6,10,16H,3-4,7H2,1-2H3,(H,17,18). The zero-order chi connectivity index (χ0) is 12.9. The highest BCUT2D eigenvalue weighted by Gasteiger charge is 2.27. The average molecular weight is 243 g/mol. The Bertz CT molecular complexity index is 639. The molecule has 1 aromatic heterocycles. The van der Waals surface area contributed by atoms with E-state index in [1.807, 2.05) is 0 Å². The van der Waals surface area contributed by atoms with Crippen LogP contribution in [0.4, 0.5) is 0 Å². The van der Waals surface area contributed by atoms with Crippen LogP contribution in [0.5, 0.6) is 0 Å². The molecule has 0 saturated carbocycles. The summed E-state index contributed by atoms with van der Waals surface area (Å²) in [4.78, 5) is 14.6. The van der Waals surface area contributed by atoms with Gasteiger partial charge in [-0.3, -0.25) is 4.79 Å². The number of carboxylic acid groups (broad SMARTS) is 1. The van der Waals surface area contributed by atoms with Crippen molar-refractivity contribution in [3.8, 4) is 0 Å². The zero-order valence-corrected chi connectivity index (χ0v) is 10.7. The molecule has 0 saturated heterocycles. The predicted molar refractivity (Wildman–Crippen MR) is 70.9 cm³/mol. The van der Waals surface area contributed by atoms with E-state index in [-0.39, 0.29) is 5.92 Å². The van der Waals surface area contributed by atoms with Crippen LogP contribution in [0, 0.1) is 19.8 Å². The van der Waals surface area contributed by atoms with Crippen molar-refractivity contribution in [1.82, 2.24) is 4.98 Å². The molecule has 1 aromatic carbocycles. The summed E-state index contributed by atoms with van der Waals surface area (Å²) < 4.78 is 0. The Morgan fingerprint density at radius 2 is 2.06 bits per heavy atom. The van der Waals surface area contributed by atoms with Crippen molar-refractivity contribution in [2.24, 2.45) is 5.92 Å². The van der Waals surface area contributed by atoms with Gasteiger partial charge in [0.2, 0.25) is 0 Å². The van der Waals surface area contributed by atoms with Crippen molar-refractivity contribution in [2.45, 2.75) is 33.1 Å². The Kier molecular flexibility index (Phi) is 2.44. The summed E-state index contributed by atoms with van der Waals surface area (Å²) in [6.07, 6.45) is 2.25. The summed E-state index contributed by atoms with van der Waals surface area (Å²) in [5, 5.41) is 10.4.